The molecule has 0 aromatic rings. The molecule has 1 aliphatic heterocycles. The lowest BCUT2D eigenvalue weighted by Crippen LogP contribution is -2.59. The van der Waals surface area contributed by atoms with Crippen LogP contribution in [0.4, 0.5) is 0 Å². The van der Waals surface area contributed by atoms with E-state index in [0.29, 0.717) is 17.8 Å². The molecular weight excluding hydrogens is 336 g/mol. The van der Waals surface area contributed by atoms with Crippen LogP contribution in [0.2, 0.25) is 0 Å². The molecule has 0 unspecified atom stereocenters. The fourth-order valence-corrected chi connectivity index (χ4v) is 7.22. The van der Waals surface area contributed by atoms with E-state index in [1.807, 2.05) is 0 Å². The lowest BCUT2D eigenvalue weighted by molar-refractivity contribution is -0.135. The maximum Gasteiger partial charge on any atom is 0.243 e. The van der Waals surface area contributed by atoms with E-state index in [2.05, 4.69) is 51.3 Å². The first-order valence-electron chi connectivity index (χ1n) is 10.9. The summed E-state index contributed by atoms with van der Waals surface area (Å²) in [6.45, 7) is 11.0. The van der Waals surface area contributed by atoms with Gasteiger partial charge in [-0.1, -0.05) is 19.9 Å². The molecule has 4 aliphatic rings. The molecule has 0 radical (unpaired) electrons. The molecule has 0 aromatic heterocycles. The third kappa shape index (κ3) is 2.94. The van der Waals surface area contributed by atoms with Crippen LogP contribution in [0.3, 0.4) is 0 Å². The zero-order valence-corrected chi connectivity index (χ0v) is 17.6. The van der Waals surface area contributed by atoms with E-state index >= 15 is 0 Å². The van der Waals surface area contributed by atoms with Crippen molar-refractivity contribution in [2.24, 2.45) is 34.5 Å². The van der Waals surface area contributed by atoms with Crippen molar-refractivity contribution in [2.45, 2.75) is 84.7 Å². The lowest BCUT2D eigenvalue weighted by Gasteiger charge is -2.58. The highest BCUT2D eigenvalue weighted by atomic mass is 16.2. The van der Waals surface area contributed by atoms with Crippen LogP contribution in [-0.4, -0.2) is 23.4 Å². The maximum atomic E-state index is 13.0. The third-order valence-electron chi connectivity index (χ3n) is 8.50. The summed E-state index contributed by atoms with van der Waals surface area (Å²) in [6.07, 6.45) is 10.7. The van der Waals surface area contributed by atoms with Crippen molar-refractivity contribution in [3.05, 3.63) is 12.2 Å². The Kier molecular flexibility index (Phi) is 4.29. The van der Waals surface area contributed by atoms with Crippen molar-refractivity contribution in [3.8, 4) is 0 Å². The van der Waals surface area contributed by atoms with Gasteiger partial charge in [-0.2, -0.15) is 0 Å². The third-order valence-corrected chi connectivity index (χ3v) is 8.50. The van der Waals surface area contributed by atoms with Gasteiger partial charge < -0.3 is 10.6 Å². The summed E-state index contributed by atoms with van der Waals surface area (Å²) in [4.78, 5) is 24.9. The van der Waals surface area contributed by atoms with Crippen molar-refractivity contribution >= 4 is 11.8 Å². The Morgan fingerprint density at radius 2 is 1.85 bits per heavy atom. The summed E-state index contributed by atoms with van der Waals surface area (Å²) >= 11 is 0. The Labute approximate surface area is 163 Å². The molecule has 3 saturated carbocycles. The number of carbonyl (C=O) groups excluding carboxylic acids is 2. The van der Waals surface area contributed by atoms with Crippen molar-refractivity contribution in [3.63, 3.8) is 0 Å². The number of nitrogens with one attached hydrogen (secondary N) is 2. The van der Waals surface area contributed by atoms with E-state index in [0.717, 1.165) is 19.3 Å². The number of carbonyl (C=O) groups is 2. The van der Waals surface area contributed by atoms with Gasteiger partial charge in [0.25, 0.3) is 0 Å². The summed E-state index contributed by atoms with van der Waals surface area (Å²) < 4.78 is 0. The Morgan fingerprint density at radius 3 is 2.56 bits per heavy atom. The Balaban J connectivity index is 1.58. The van der Waals surface area contributed by atoms with Crippen molar-refractivity contribution in [2.75, 3.05) is 0 Å². The van der Waals surface area contributed by atoms with Gasteiger partial charge in [0.05, 0.1) is 0 Å². The van der Waals surface area contributed by atoms with Gasteiger partial charge in [-0.05, 0) is 88.5 Å². The fraction of sp³-hybridized carbons (Fsp3) is 0.826. The molecule has 4 nitrogen and oxygen atoms in total. The second-order valence-corrected chi connectivity index (χ2v) is 11.1. The number of rotatable bonds is 1. The second-order valence-electron chi connectivity index (χ2n) is 11.1. The minimum absolute atomic E-state index is 0.0661. The van der Waals surface area contributed by atoms with Gasteiger partial charge in [0, 0.05) is 22.9 Å². The van der Waals surface area contributed by atoms with Gasteiger partial charge in [-0.3, -0.25) is 9.59 Å². The predicted molar refractivity (Wildman–Crippen MR) is 107 cm³/mol. The number of hydrogen-bond acceptors (Lipinski definition) is 2. The highest BCUT2D eigenvalue weighted by molar-refractivity contribution is 5.89. The quantitative estimate of drug-likeness (QED) is 0.735. The molecule has 1 heterocycles. The SMILES string of the molecule is CC(C)(C)NC(=O)[C@@H]1CC[C@@H]2[C@@H]3CC[C@@H]4NC(=O)C=C[C@]4(C)[C@H]3CC[C@@]21C. The minimum atomic E-state index is -0.167. The molecule has 4 heteroatoms. The molecule has 150 valence electrons. The van der Waals surface area contributed by atoms with Gasteiger partial charge in [0.2, 0.25) is 11.8 Å². The molecule has 27 heavy (non-hydrogen) atoms. The van der Waals surface area contributed by atoms with E-state index in [9.17, 15) is 9.59 Å². The Morgan fingerprint density at radius 1 is 1.11 bits per heavy atom. The Hall–Kier alpha value is -1.32. The molecule has 2 amide bonds. The van der Waals surface area contributed by atoms with Crippen molar-refractivity contribution in [1.82, 2.24) is 10.6 Å². The first-order chi connectivity index (χ1) is 12.5. The molecule has 0 aromatic carbocycles. The van der Waals surface area contributed by atoms with Gasteiger partial charge in [-0.15, -0.1) is 0 Å². The van der Waals surface area contributed by atoms with Crippen LogP contribution >= 0.6 is 0 Å². The largest absolute Gasteiger partial charge is 0.351 e. The first-order valence-corrected chi connectivity index (χ1v) is 10.9. The summed E-state index contributed by atoms with van der Waals surface area (Å²) in [5, 5.41) is 6.48. The normalized spacial score (nSPS) is 46.1. The molecule has 2 N–H and O–H groups in total. The van der Waals surface area contributed by atoms with Crippen LogP contribution in [0.25, 0.3) is 0 Å². The van der Waals surface area contributed by atoms with Crippen molar-refractivity contribution < 1.29 is 9.59 Å². The standard InChI is InChI=1S/C23H36N2O2/c1-21(2,3)25-20(27)17-8-7-15-14-6-9-18-23(5,13-11-19(26)24-18)16(14)10-12-22(15,17)4/h11,13-18H,6-10,12H2,1-5H3,(H,24,26)(H,25,27)/t14-,15+,16-,17-,18-,22-,23+/m0/s1. The zero-order chi connectivity index (χ0) is 19.6. The van der Waals surface area contributed by atoms with Crippen molar-refractivity contribution in [1.29, 1.82) is 0 Å². The first kappa shape index (κ1) is 19.0. The molecule has 7 atom stereocenters. The monoisotopic (exact) mass is 372 g/mol. The fourth-order valence-electron chi connectivity index (χ4n) is 7.22. The topological polar surface area (TPSA) is 58.2 Å². The van der Waals surface area contributed by atoms with Crippen LogP contribution < -0.4 is 10.6 Å². The summed E-state index contributed by atoms with van der Waals surface area (Å²) in [5.41, 5.74) is 0.0323. The smallest absolute Gasteiger partial charge is 0.243 e. The molecule has 3 aliphatic carbocycles. The van der Waals surface area contributed by atoms with E-state index in [1.54, 1.807) is 6.08 Å². The highest BCUT2D eigenvalue weighted by Gasteiger charge is 2.60. The summed E-state index contributed by atoms with van der Waals surface area (Å²) in [6, 6.07) is 0.280. The van der Waals surface area contributed by atoms with Crippen LogP contribution in [0.15, 0.2) is 12.2 Å². The maximum absolute atomic E-state index is 13.0. The average molecular weight is 373 g/mol. The number of hydrogen-bond donors (Lipinski definition) is 2. The minimum Gasteiger partial charge on any atom is -0.351 e. The Bertz CT molecular complexity index is 678. The highest BCUT2D eigenvalue weighted by Crippen LogP contribution is 2.65. The molecular formula is C23H36N2O2. The van der Waals surface area contributed by atoms with Crippen LogP contribution in [0.1, 0.15) is 73.1 Å². The molecule has 3 fully saturated rings. The van der Waals surface area contributed by atoms with Gasteiger partial charge in [0.15, 0.2) is 0 Å². The van der Waals surface area contributed by atoms with E-state index in [4.69, 9.17) is 0 Å². The lowest BCUT2D eigenvalue weighted by atomic mass is 9.48. The van der Waals surface area contributed by atoms with E-state index < -0.39 is 0 Å². The molecule has 0 bridgehead atoms. The summed E-state index contributed by atoms with van der Waals surface area (Å²) in [7, 11) is 0. The van der Waals surface area contributed by atoms with Crippen LogP contribution in [0, 0.1) is 34.5 Å². The van der Waals surface area contributed by atoms with Gasteiger partial charge in [-0.25, -0.2) is 0 Å². The number of fused-ring (bicyclic) bond motifs is 5. The summed E-state index contributed by atoms with van der Waals surface area (Å²) in [5.74, 6) is 2.41. The average Bonchev–Trinajstić information content (AvgIpc) is 2.91. The second kappa shape index (κ2) is 6.09. The van der Waals surface area contributed by atoms with E-state index in [-0.39, 0.29) is 40.1 Å². The van der Waals surface area contributed by atoms with Gasteiger partial charge in [0.1, 0.15) is 0 Å². The number of amides is 2. The predicted octanol–water partition coefficient (Wildman–Crippen LogP) is 3.81. The molecule has 0 spiro atoms. The zero-order valence-electron chi connectivity index (χ0n) is 17.6. The molecule has 0 saturated heterocycles. The van der Waals surface area contributed by atoms with Crippen LogP contribution in [0.5, 0.6) is 0 Å². The van der Waals surface area contributed by atoms with Gasteiger partial charge >= 0.3 is 0 Å². The van der Waals surface area contributed by atoms with Crippen LogP contribution in [-0.2, 0) is 9.59 Å². The molecule has 4 rings (SSSR count). The van der Waals surface area contributed by atoms with E-state index in [1.165, 1.54) is 19.3 Å².